The lowest BCUT2D eigenvalue weighted by atomic mass is 10.1. The molecule has 2 atom stereocenters. The summed E-state index contributed by atoms with van der Waals surface area (Å²) in [6.07, 6.45) is -0.310. The normalized spacial score (nSPS) is 12.8. The quantitative estimate of drug-likeness (QED) is 0.137. The van der Waals surface area contributed by atoms with Gasteiger partial charge in [-0.1, -0.05) is 30.3 Å². The van der Waals surface area contributed by atoms with Gasteiger partial charge in [0.15, 0.2) is 5.96 Å². The van der Waals surface area contributed by atoms with E-state index < -0.39 is 42.3 Å². The van der Waals surface area contributed by atoms with Crippen LogP contribution in [0.15, 0.2) is 35.3 Å². The molecule has 0 unspecified atom stereocenters. The second-order valence-corrected chi connectivity index (χ2v) is 7.98. The van der Waals surface area contributed by atoms with E-state index >= 15 is 0 Å². The number of rotatable bonds is 11. The molecule has 0 aromatic heterocycles. The van der Waals surface area contributed by atoms with Gasteiger partial charge in [-0.05, 0) is 39.2 Å². The lowest BCUT2D eigenvalue weighted by molar-refractivity contribution is -0.149. The van der Waals surface area contributed by atoms with Crippen molar-refractivity contribution in [1.29, 1.82) is 0 Å². The SMILES string of the molecule is CC(C)(C)OC(=O)N[C@@H](CO)C(=O)N[C@@H](CCCN=C(N)N)C(=O)OCc1ccccc1. The molecule has 11 heteroatoms. The number of aliphatic imine (C=N–C) groups is 1. The van der Waals surface area contributed by atoms with E-state index in [1.807, 2.05) is 18.2 Å². The van der Waals surface area contributed by atoms with Gasteiger partial charge in [-0.2, -0.15) is 0 Å². The van der Waals surface area contributed by atoms with Crippen molar-refractivity contribution in [2.24, 2.45) is 16.5 Å². The van der Waals surface area contributed by atoms with Gasteiger partial charge < -0.3 is 36.7 Å². The summed E-state index contributed by atoms with van der Waals surface area (Å²) < 4.78 is 10.4. The number of esters is 1. The summed E-state index contributed by atoms with van der Waals surface area (Å²) >= 11 is 0. The molecule has 1 aromatic carbocycles. The maximum atomic E-state index is 12.6. The maximum Gasteiger partial charge on any atom is 0.408 e. The van der Waals surface area contributed by atoms with Crippen LogP contribution in [0.1, 0.15) is 39.2 Å². The Bertz CT molecular complexity index is 775. The number of aliphatic hydroxyl groups excluding tert-OH is 1. The molecule has 0 saturated carbocycles. The van der Waals surface area contributed by atoms with E-state index in [1.54, 1.807) is 32.9 Å². The van der Waals surface area contributed by atoms with E-state index in [2.05, 4.69) is 15.6 Å². The summed E-state index contributed by atoms with van der Waals surface area (Å²) in [4.78, 5) is 41.0. The Kier molecular flexibility index (Phi) is 11.0. The van der Waals surface area contributed by atoms with E-state index in [9.17, 15) is 19.5 Å². The highest BCUT2D eigenvalue weighted by Crippen LogP contribution is 2.08. The molecule has 1 rings (SSSR count). The fourth-order valence-electron chi connectivity index (χ4n) is 2.50. The van der Waals surface area contributed by atoms with E-state index in [1.165, 1.54) is 0 Å². The van der Waals surface area contributed by atoms with Gasteiger partial charge in [-0.3, -0.25) is 9.79 Å². The van der Waals surface area contributed by atoms with Crippen molar-refractivity contribution >= 4 is 23.9 Å². The first-order chi connectivity index (χ1) is 15.0. The molecule has 1 aromatic rings. The second kappa shape index (κ2) is 13.2. The van der Waals surface area contributed by atoms with Crippen LogP contribution in [-0.4, -0.2) is 59.9 Å². The summed E-state index contributed by atoms with van der Waals surface area (Å²) in [5, 5.41) is 14.3. The predicted octanol–water partition coefficient (Wildman–Crippen LogP) is 0.154. The first-order valence-electron chi connectivity index (χ1n) is 10.2. The fraction of sp³-hybridized carbons (Fsp3) is 0.524. The fourth-order valence-corrected chi connectivity index (χ4v) is 2.50. The number of carbonyl (C=O) groups excluding carboxylic acids is 3. The molecule has 0 aliphatic rings. The lowest BCUT2D eigenvalue weighted by Crippen LogP contribution is -2.54. The molecular formula is C21H33N5O6. The van der Waals surface area contributed by atoms with Crippen molar-refractivity contribution in [2.45, 2.75) is 57.9 Å². The molecule has 7 N–H and O–H groups in total. The minimum Gasteiger partial charge on any atom is -0.459 e. The molecule has 32 heavy (non-hydrogen) atoms. The lowest BCUT2D eigenvalue weighted by Gasteiger charge is -2.24. The number of nitrogens with one attached hydrogen (secondary N) is 2. The standard InChI is InChI=1S/C21H33N5O6/c1-21(2,3)32-20(30)26-16(12-27)17(28)25-15(10-7-11-24-19(22)23)18(29)31-13-14-8-5-4-6-9-14/h4-6,8-9,15-16,27H,7,10-13H2,1-3H3,(H,25,28)(H,26,30)(H4,22,23,24)/t15-,16-/m0/s1. The maximum absolute atomic E-state index is 12.6. The first kappa shape index (κ1) is 26.7. The molecule has 0 aliphatic heterocycles. The monoisotopic (exact) mass is 451 g/mol. The number of benzene rings is 1. The third kappa shape index (κ3) is 11.2. The van der Waals surface area contributed by atoms with Crippen LogP contribution in [0.4, 0.5) is 4.79 Å². The topological polar surface area (TPSA) is 178 Å². The highest BCUT2D eigenvalue weighted by molar-refractivity contribution is 5.89. The Morgan fingerprint density at radius 3 is 2.31 bits per heavy atom. The van der Waals surface area contributed by atoms with E-state index in [0.29, 0.717) is 6.42 Å². The molecule has 11 nitrogen and oxygen atoms in total. The van der Waals surface area contributed by atoms with Gasteiger partial charge in [0.25, 0.3) is 0 Å². The van der Waals surface area contributed by atoms with E-state index in [-0.39, 0.29) is 25.5 Å². The van der Waals surface area contributed by atoms with Crippen LogP contribution < -0.4 is 22.1 Å². The van der Waals surface area contributed by atoms with Gasteiger partial charge >= 0.3 is 12.1 Å². The zero-order valence-corrected chi connectivity index (χ0v) is 18.7. The minimum atomic E-state index is -1.31. The molecule has 178 valence electrons. The highest BCUT2D eigenvalue weighted by atomic mass is 16.6. The van der Waals surface area contributed by atoms with Gasteiger partial charge in [-0.25, -0.2) is 9.59 Å². The van der Waals surface area contributed by atoms with Crippen LogP contribution in [0.5, 0.6) is 0 Å². The Balaban J connectivity index is 2.77. The average molecular weight is 452 g/mol. The molecule has 0 spiro atoms. The largest absolute Gasteiger partial charge is 0.459 e. The molecular weight excluding hydrogens is 418 g/mol. The molecule has 0 fully saturated rings. The molecule has 0 bridgehead atoms. The molecule has 0 aliphatic carbocycles. The average Bonchev–Trinajstić information content (AvgIpc) is 2.71. The summed E-state index contributed by atoms with van der Waals surface area (Å²) in [7, 11) is 0. The smallest absolute Gasteiger partial charge is 0.408 e. The zero-order valence-electron chi connectivity index (χ0n) is 18.7. The Morgan fingerprint density at radius 1 is 1.09 bits per heavy atom. The van der Waals surface area contributed by atoms with Crippen molar-refractivity contribution < 1.29 is 29.0 Å². The predicted molar refractivity (Wildman–Crippen MR) is 118 cm³/mol. The van der Waals surface area contributed by atoms with Crippen molar-refractivity contribution in [3.8, 4) is 0 Å². The number of nitrogens with two attached hydrogens (primary N) is 2. The number of aliphatic hydroxyl groups is 1. The van der Waals surface area contributed by atoms with Crippen LogP contribution in [0, 0.1) is 0 Å². The number of carbonyl (C=O) groups is 3. The van der Waals surface area contributed by atoms with Gasteiger partial charge in [0, 0.05) is 6.54 Å². The Morgan fingerprint density at radius 2 is 1.75 bits per heavy atom. The van der Waals surface area contributed by atoms with Crippen LogP contribution in [0.2, 0.25) is 0 Å². The summed E-state index contributed by atoms with van der Waals surface area (Å²) in [5.74, 6) is -1.51. The third-order valence-corrected chi connectivity index (χ3v) is 3.96. The zero-order chi connectivity index (χ0) is 24.1. The van der Waals surface area contributed by atoms with Gasteiger partial charge in [0.1, 0.15) is 24.3 Å². The van der Waals surface area contributed by atoms with Gasteiger partial charge in [0.2, 0.25) is 5.91 Å². The number of amides is 2. The minimum absolute atomic E-state index is 0.0273. The summed E-state index contributed by atoms with van der Waals surface area (Å²) in [6, 6.07) is 6.71. The number of alkyl carbamates (subject to hydrolysis) is 1. The molecule has 0 heterocycles. The Hall–Kier alpha value is -3.34. The summed E-state index contributed by atoms with van der Waals surface area (Å²) in [6.45, 7) is 4.58. The van der Waals surface area contributed by atoms with Crippen molar-refractivity contribution in [2.75, 3.05) is 13.2 Å². The Labute approximate surface area is 187 Å². The third-order valence-electron chi connectivity index (χ3n) is 3.96. The number of hydrogen-bond donors (Lipinski definition) is 5. The van der Waals surface area contributed by atoms with Crippen LogP contribution in [0.3, 0.4) is 0 Å². The number of hydrogen-bond acceptors (Lipinski definition) is 7. The van der Waals surface area contributed by atoms with Gasteiger partial charge in [0.05, 0.1) is 6.61 Å². The second-order valence-electron chi connectivity index (χ2n) is 7.98. The van der Waals surface area contributed by atoms with Crippen molar-refractivity contribution in [1.82, 2.24) is 10.6 Å². The molecule has 0 radical (unpaired) electrons. The number of nitrogens with zero attached hydrogens (tertiary/aromatic N) is 1. The summed E-state index contributed by atoms with van der Waals surface area (Å²) in [5.41, 5.74) is 10.6. The molecule has 2 amide bonds. The van der Waals surface area contributed by atoms with Crippen LogP contribution in [-0.2, 0) is 25.7 Å². The van der Waals surface area contributed by atoms with Crippen molar-refractivity contribution in [3.05, 3.63) is 35.9 Å². The van der Waals surface area contributed by atoms with Crippen molar-refractivity contribution in [3.63, 3.8) is 0 Å². The highest BCUT2D eigenvalue weighted by Gasteiger charge is 2.28. The van der Waals surface area contributed by atoms with Crippen LogP contribution in [0.25, 0.3) is 0 Å². The van der Waals surface area contributed by atoms with E-state index in [4.69, 9.17) is 20.9 Å². The van der Waals surface area contributed by atoms with Gasteiger partial charge in [-0.15, -0.1) is 0 Å². The number of guanidine groups is 1. The number of ether oxygens (including phenoxy) is 2. The molecule has 0 saturated heterocycles. The first-order valence-corrected chi connectivity index (χ1v) is 10.2. The van der Waals surface area contributed by atoms with Crippen LogP contribution >= 0.6 is 0 Å². The van der Waals surface area contributed by atoms with E-state index in [0.717, 1.165) is 5.56 Å².